The molecule has 0 radical (unpaired) electrons. The Morgan fingerprint density at radius 2 is 1.72 bits per heavy atom. The minimum Gasteiger partial charge on any atom is -0.456 e. The summed E-state index contributed by atoms with van der Waals surface area (Å²) in [5.74, 6) is 0. The molecule has 0 N–H and O–H groups in total. The third-order valence-corrected chi connectivity index (χ3v) is 3.54. The summed E-state index contributed by atoms with van der Waals surface area (Å²) in [6.45, 7) is 2.24. The SMILES string of the molecule is CCCCCc1cccc2oc3ccccc3c12. The molecule has 1 heterocycles. The fourth-order valence-electron chi connectivity index (χ4n) is 2.62. The predicted octanol–water partition coefficient (Wildman–Crippen LogP) is 5.32. The summed E-state index contributed by atoms with van der Waals surface area (Å²) in [6, 6.07) is 14.7. The summed E-state index contributed by atoms with van der Waals surface area (Å²) in [7, 11) is 0. The molecule has 0 saturated carbocycles. The van der Waals surface area contributed by atoms with E-state index in [9.17, 15) is 0 Å². The Bertz CT molecular complexity index is 663. The van der Waals surface area contributed by atoms with Crippen molar-refractivity contribution in [1.29, 1.82) is 0 Å². The topological polar surface area (TPSA) is 13.1 Å². The molecule has 0 saturated heterocycles. The van der Waals surface area contributed by atoms with Crippen LogP contribution in [-0.2, 0) is 6.42 Å². The minimum atomic E-state index is 0.996. The van der Waals surface area contributed by atoms with Crippen molar-refractivity contribution in [2.75, 3.05) is 0 Å². The number of unbranched alkanes of at least 4 members (excludes halogenated alkanes) is 2. The maximum atomic E-state index is 5.90. The fourth-order valence-corrected chi connectivity index (χ4v) is 2.62. The summed E-state index contributed by atoms with van der Waals surface area (Å²) in [5.41, 5.74) is 3.44. The predicted molar refractivity (Wildman–Crippen MR) is 76.9 cm³/mol. The molecular weight excluding hydrogens is 220 g/mol. The van der Waals surface area contributed by atoms with E-state index in [1.807, 2.05) is 12.1 Å². The lowest BCUT2D eigenvalue weighted by Gasteiger charge is -2.02. The largest absolute Gasteiger partial charge is 0.456 e. The maximum Gasteiger partial charge on any atom is 0.135 e. The molecule has 3 rings (SSSR count). The number of benzene rings is 2. The van der Waals surface area contributed by atoms with E-state index in [1.165, 1.54) is 35.6 Å². The lowest BCUT2D eigenvalue weighted by molar-refractivity contribution is 0.668. The zero-order valence-electron chi connectivity index (χ0n) is 10.8. The normalized spacial score (nSPS) is 11.4. The van der Waals surface area contributed by atoms with Gasteiger partial charge in [0, 0.05) is 10.8 Å². The monoisotopic (exact) mass is 238 g/mol. The second-order valence-electron chi connectivity index (χ2n) is 4.85. The maximum absolute atomic E-state index is 5.90. The molecule has 1 aromatic heterocycles. The summed E-state index contributed by atoms with van der Waals surface area (Å²) < 4.78 is 5.90. The van der Waals surface area contributed by atoms with Crippen molar-refractivity contribution in [3.05, 3.63) is 48.0 Å². The fraction of sp³-hybridized carbons (Fsp3) is 0.294. The third kappa shape index (κ3) is 1.90. The Kier molecular flexibility index (Phi) is 3.06. The van der Waals surface area contributed by atoms with Gasteiger partial charge in [0.2, 0.25) is 0 Å². The van der Waals surface area contributed by atoms with Crippen LogP contribution in [0.3, 0.4) is 0 Å². The molecule has 1 heteroatoms. The highest BCUT2D eigenvalue weighted by Gasteiger charge is 2.09. The van der Waals surface area contributed by atoms with Crippen LogP contribution in [0.5, 0.6) is 0 Å². The number of hydrogen-bond donors (Lipinski definition) is 0. The molecule has 0 unspecified atom stereocenters. The lowest BCUT2D eigenvalue weighted by atomic mass is 10.0. The van der Waals surface area contributed by atoms with Crippen molar-refractivity contribution in [3.63, 3.8) is 0 Å². The summed E-state index contributed by atoms with van der Waals surface area (Å²) >= 11 is 0. The number of aryl methyl sites for hydroxylation is 1. The molecule has 0 spiro atoms. The third-order valence-electron chi connectivity index (χ3n) is 3.54. The van der Waals surface area contributed by atoms with Crippen LogP contribution in [0.1, 0.15) is 31.7 Å². The van der Waals surface area contributed by atoms with Crippen molar-refractivity contribution in [1.82, 2.24) is 0 Å². The van der Waals surface area contributed by atoms with E-state index >= 15 is 0 Å². The van der Waals surface area contributed by atoms with Gasteiger partial charge in [-0.1, -0.05) is 50.1 Å². The van der Waals surface area contributed by atoms with Gasteiger partial charge >= 0.3 is 0 Å². The van der Waals surface area contributed by atoms with E-state index in [4.69, 9.17) is 4.42 Å². The number of furan rings is 1. The van der Waals surface area contributed by atoms with Crippen molar-refractivity contribution >= 4 is 21.9 Å². The van der Waals surface area contributed by atoms with Crippen LogP contribution in [0.15, 0.2) is 46.9 Å². The zero-order chi connectivity index (χ0) is 12.4. The Morgan fingerprint density at radius 3 is 2.61 bits per heavy atom. The molecule has 0 aliphatic carbocycles. The van der Waals surface area contributed by atoms with Gasteiger partial charge in [-0.15, -0.1) is 0 Å². The van der Waals surface area contributed by atoms with Crippen LogP contribution >= 0.6 is 0 Å². The molecule has 0 fully saturated rings. The molecule has 1 nitrogen and oxygen atoms in total. The molecule has 0 aliphatic rings. The van der Waals surface area contributed by atoms with Gasteiger partial charge in [0.1, 0.15) is 11.2 Å². The second-order valence-corrected chi connectivity index (χ2v) is 4.85. The van der Waals surface area contributed by atoms with Crippen LogP contribution in [0.2, 0.25) is 0 Å². The molecule has 0 aliphatic heterocycles. The van der Waals surface area contributed by atoms with Gasteiger partial charge in [-0.05, 0) is 30.5 Å². The highest BCUT2D eigenvalue weighted by Crippen LogP contribution is 2.31. The van der Waals surface area contributed by atoms with E-state index in [1.54, 1.807) is 0 Å². The molecular formula is C17H18O. The van der Waals surface area contributed by atoms with Crippen LogP contribution in [0, 0.1) is 0 Å². The van der Waals surface area contributed by atoms with E-state index < -0.39 is 0 Å². The zero-order valence-corrected chi connectivity index (χ0v) is 10.8. The van der Waals surface area contributed by atoms with Crippen LogP contribution in [0.25, 0.3) is 21.9 Å². The van der Waals surface area contributed by atoms with Crippen LogP contribution in [0.4, 0.5) is 0 Å². The number of hydrogen-bond acceptors (Lipinski definition) is 1. The molecule has 0 amide bonds. The van der Waals surface area contributed by atoms with E-state index in [0.717, 1.165) is 17.6 Å². The second kappa shape index (κ2) is 4.85. The summed E-state index contributed by atoms with van der Waals surface area (Å²) in [6.07, 6.45) is 4.97. The van der Waals surface area contributed by atoms with Crippen molar-refractivity contribution in [3.8, 4) is 0 Å². The average Bonchev–Trinajstić information content (AvgIpc) is 2.78. The Hall–Kier alpha value is -1.76. The first-order valence-corrected chi connectivity index (χ1v) is 6.79. The average molecular weight is 238 g/mol. The van der Waals surface area contributed by atoms with Gasteiger partial charge in [0.25, 0.3) is 0 Å². The number of fused-ring (bicyclic) bond motifs is 3. The highest BCUT2D eigenvalue weighted by atomic mass is 16.3. The number of para-hydroxylation sites is 1. The van der Waals surface area contributed by atoms with Gasteiger partial charge in [0.15, 0.2) is 0 Å². The first-order chi connectivity index (χ1) is 8.90. The quantitative estimate of drug-likeness (QED) is 0.561. The molecule has 3 aromatic rings. The van der Waals surface area contributed by atoms with Crippen LogP contribution < -0.4 is 0 Å². The first-order valence-electron chi connectivity index (χ1n) is 6.79. The summed E-state index contributed by atoms with van der Waals surface area (Å²) in [5, 5.41) is 2.56. The highest BCUT2D eigenvalue weighted by molar-refractivity contribution is 6.06. The van der Waals surface area contributed by atoms with Crippen molar-refractivity contribution < 1.29 is 4.42 Å². The standard InChI is InChI=1S/C17H18O/c1-2-3-4-8-13-9-7-12-16-17(13)14-10-5-6-11-15(14)18-16/h5-7,9-12H,2-4,8H2,1H3. The molecule has 18 heavy (non-hydrogen) atoms. The Balaban J connectivity index is 2.13. The van der Waals surface area contributed by atoms with Gasteiger partial charge in [0.05, 0.1) is 0 Å². The molecule has 2 aromatic carbocycles. The van der Waals surface area contributed by atoms with Crippen LogP contribution in [-0.4, -0.2) is 0 Å². The Labute approximate surface area is 107 Å². The minimum absolute atomic E-state index is 0.996. The van der Waals surface area contributed by atoms with Gasteiger partial charge in [-0.25, -0.2) is 0 Å². The molecule has 0 atom stereocenters. The van der Waals surface area contributed by atoms with Crippen molar-refractivity contribution in [2.45, 2.75) is 32.6 Å². The van der Waals surface area contributed by atoms with E-state index in [-0.39, 0.29) is 0 Å². The lowest BCUT2D eigenvalue weighted by Crippen LogP contribution is -1.86. The van der Waals surface area contributed by atoms with Gasteiger partial charge < -0.3 is 4.42 Å². The van der Waals surface area contributed by atoms with Gasteiger partial charge in [-0.3, -0.25) is 0 Å². The Morgan fingerprint density at radius 1 is 0.889 bits per heavy atom. The summed E-state index contributed by atoms with van der Waals surface area (Å²) in [4.78, 5) is 0. The first kappa shape index (κ1) is 11.3. The van der Waals surface area contributed by atoms with Gasteiger partial charge in [-0.2, -0.15) is 0 Å². The molecule has 92 valence electrons. The van der Waals surface area contributed by atoms with E-state index in [2.05, 4.69) is 37.3 Å². The van der Waals surface area contributed by atoms with Crippen molar-refractivity contribution in [2.24, 2.45) is 0 Å². The number of rotatable bonds is 4. The smallest absolute Gasteiger partial charge is 0.135 e. The van der Waals surface area contributed by atoms with E-state index in [0.29, 0.717) is 0 Å². The molecule has 0 bridgehead atoms.